The van der Waals surface area contributed by atoms with Crippen molar-refractivity contribution in [3.05, 3.63) is 11.8 Å². The lowest BCUT2D eigenvalue weighted by Gasteiger charge is -2.27. The molecule has 2 saturated carbocycles. The first kappa shape index (κ1) is 12.3. The van der Waals surface area contributed by atoms with E-state index in [-0.39, 0.29) is 0 Å². The summed E-state index contributed by atoms with van der Waals surface area (Å²) in [5.74, 6) is 2.44. The number of ether oxygens (including phenoxy) is 2. The quantitative estimate of drug-likeness (QED) is 0.714. The maximum absolute atomic E-state index is 6.19. The van der Waals surface area contributed by atoms with Gasteiger partial charge in [-0.3, -0.25) is 0 Å². The van der Waals surface area contributed by atoms with Crippen molar-refractivity contribution < 1.29 is 9.47 Å². The average molecular weight is 262 g/mol. The Balaban J connectivity index is 1.30. The molecule has 0 aromatic carbocycles. The Morgan fingerprint density at radius 2 is 1.89 bits per heavy atom. The van der Waals surface area contributed by atoms with E-state index in [4.69, 9.17) is 9.47 Å². The van der Waals surface area contributed by atoms with E-state index < -0.39 is 0 Å². The second-order valence-electron chi connectivity index (χ2n) is 7.06. The first-order chi connectivity index (χ1) is 9.42. The summed E-state index contributed by atoms with van der Waals surface area (Å²) >= 11 is 0. The third-order valence-corrected chi connectivity index (χ3v) is 5.91. The van der Waals surface area contributed by atoms with Crippen molar-refractivity contribution in [2.24, 2.45) is 17.8 Å². The van der Waals surface area contributed by atoms with Gasteiger partial charge in [-0.15, -0.1) is 0 Å². The minimum absolute atomic E-state index is 0.530. The van der Waals surface area contributed by atoms with Gasteiger partial charge in [-0.05, 0) is 62.4 Å². The second-order valence-corrected chi connectivity index (χ2v) is 7.06. The van der Waals surface area contributed by atoms with Crippen molar-refractivity contribution in [2.45, 2.75) is 70.0 Å². The van der Waals surface area contributed by atoms with Crippen LogP contribution in [0, 0.1) is 17.8 Å². The van der Waals surface area contributed by atoms with E-state index in [2.05, 4.69) is 6.26 Å². The number of rotatable bonds is 3. The summed E-state index contributed by atoms with van der Waals surface area (Å²) < 4.78 is 12.1. The van der Waals surface area contributed by atoms with Gasteiger partial charge in [0.15, 0.2) is 0 Å². The van der Waals surface area contributed by atoms with Crippen LogP contribution < -0.4 is 0 Å². The van der Waals surface area contributed by atoms with Crippen LogP contribution in [0.1, 0.15) is 57.8 Å². The van der Waals surface area contributed by atoms with Gasteiger partial charge in [-0.25, -0.2) is 0 Å². The van der Waals surface area contributed by atoms with Crippen molar-refractivity contribution in [3.63, 3.8) is 0 Å². The molecule has 5 unspecified atom stereocenters. The summed E-state index contributed by atoms with van der Waals surface area (Å²) in [5.41, 5.74) is 1.54. The highest BCUT2D eigenvalue weighted by Gasteiger charge is 2.55. The number of hydrogen-bond donors (Lipinski definition) is 0. The van der Waals surface area contributed by atoms with Crippen molar-refractivity contribution in [1.82, 2.24) is 0 Å². The van der Waals surface area contributed by atoms with Gasteiger partial charge in [-0.2, -0.15) is 0 Å². The molecule has 2 heterocycles. The Kier molecular flexibility index (Phi) is 3.30. The summed E-state index contributed by atoms with van der Waals surface area (Å²) in [7, 11) is 0. The van der Waals surface area contributed by atoms with E-state index in [9.17, 15) is 0 Å². The molecule has 106 valence electrons. The van der Waals surface area contributed by atoms with Crippen LogP contribution in [0.5, 0.6) is 0 Å². The Morgan fingerprint density at radius 1 is 1.05 bits per heavy atom. The van der Waals surface area contributed by atoms with Crippen molar-refractivity contribution in [3.8, 4) is 0 Å². The molecule has 0 radical (unpaired) electrons. The van der Waals surface area contributed by atoms with Crippen LogP contribution in [-0.4, -0.2) is 18.8 Å². The number of fused-ring (bicyclic) bond motifs is 5. The third kappa shape index (κ3) is 2.22. The fourth-order valence-corrected chi connectivity index (χ4v) is 4.99. The maximum Gasteiger partial charge on any atom is 0.0927 e. The van der Waals surface area contributed by atoms with E-state index in [1.54, 1.807) is 0 Å². The average Bonchev–Trinajstić information content (AvgIpc) is 3.12. The summed E-state index contributed by atoms with van der Waals surface area (Å²) in [6, 6.07) is 0. The maximum atomic E-state index is 6.19. The largest absolute Gasteiger partial charge is 0.501 e. The fraction of sp³-hybridized carbons (Fsp3) is 0.882. The normalized spacial score (nSPS) is 44.4. The lowest BCUT2D eigenvalue weighted by molar-refractivity contribution is 0.0538. The molecule has 2 nitrogen and oxygen atoms in total. The topological polar surface area (TPSA) is 18.5 Å². The molecule has 4 rings (SSSR count). The van der Waals surface area contributed by atoms with E-state index in [0.717, 1.165) is 18.4 Å². The molecule has 2 bridgehead atoms. The van der Waals surface area contributed by atoms with Crippen LogP contribution in [0.25, 0.3) is 0 Å². The molecule has 4 fully saturated rings. The van der Waals surface area contributed by atoms with Gasteiger partial charge in [-0.1, -0.05) is 12.8 Å². The highest BCUT2D eigenvalue weighted by Crippen LogP contribution is 2.53. The molecule has 0 N–H and O–H groups in total. The highest BCUT2D eigenvalue weighted by molar-refractivity contribution is 5.04. The Hall–Kier alpha value is -0.500. The van der Waals surface area contributed by atoms with E-state index in [1.807, 2.05) is 0 Å². The first-order valence-electron chi connectivity index (χ1n) is 8.37. The van der Waals surface area contributed by atoms with Gasteiger partial charge in [0.25, 0.3) is 0 Å². The molecule has 2 aliphatic carbocycles. The Bertz CT molecular complexity index is 354. The summed E-state index contributed by atoms with van der Waals surface area (Å²) in [5, 5.41) is 0. The van der Waals surface area contributed by atoms with Crippen molar-refractivity contribution >= 4 is 0 Å². The molecule has 0 aromatic rings. The predicted octanol–water partition coefficient (Wildman–Crippen LogP) is 4.05. The van der Waals surface area contributed by atoms with E-state index in [1.165, 1.54) is 63.4 Å². The van der Waals surface area contributed by atoms with Crippen molar-refractivity contribution in [1.29, 1.82) is 0 Å². The van der Waals surface area contributed by atoms with Crippen LogP contribution in [0.15, 0.2) is 11.8 Å². The van der Waals surface area contributed by atoms with Crippen LogP contribution in [0.4, 0.5) is 0 Å². The zero-order valence-corrected chi connectivity index (χ0v) is 11.9. The number of allylic oxidation sites excluding steroid dienone is 1. The lowest BCUT2D eigenvalue weighted by atomic mass is 9.76. The van der Waals surface area contributed by atoms with Gasteiger partial charge in [0.05, 0.1) is 25.1 Å². The van der Waals surface area contributed by atoms with Gasteiger partial charge < -0.3 is 9.47 Å². The molecule has 2 saturated heterocycles. The molecule has 5 atom stereocenters. The fourth-order valence-electron chi connectivity index (χ4n) is 4.99. The first-order valence-corrected chi connectivity index (χ1v) is 8.37. The third-order valence-electron chi connectivity index (χ3n) is 5.91. The van der Waals surface area contributed by atoms with Gasteiger partial charge in [0.2, 0.25) is 0 Å². The molecule has 0 amide bonds. The van der Waals surface area contributed by atoms with Crippen LogP contribution in [0.2, 0.25) is 0 Å². The van der Waals surface area contributed by atoms with Gasteiger partial charge in [0.1, 0.15) is 0 Å². The molecule has 19 heavy (non-hydrogen) atoms. The molecule has 0 aromatic heterocycles. The molecule has 2 aliphatic heterocycles. The predicted molar refractivity (Wildman–Crippen MR) is 74.7 cm³/mol. The summed E-state index contributed by atoms with van der Waals surface area (Å²) in [6.45, 7) is 0.897. The zero-order chi connectivity index (χ0) is 12.7. The van der Waals surface area contributed by atoms with Gasteiger partial charge >= 0.3 is 0 Å². The zero-order valence-electron chi connectivity index (χ0n) is 11.9. The second kappa shape index (κ2) is 5.12. The van der Waals surface area contributed by atoms with Crippen LogP contribution in [0.3, 0.4) is 0 Å². The molecule has 0 spiro atoms. The van der Waals surface area contributed by atoms with Crippen LogP contribution in [-0.2, 0) is 9.47 Å². The monoisotopic (exact) mass is 262 g/mol. The molecule has 4 aliphatic rings. The standard InChI is InChI=1S/C17H26O2/c1-2-5-12(6-3-1)10-18-11-13-9-16-14-7-4-8-15(14)17(13)19-16/h10,13-17H,1-9,11H2. The Morgan fingerprint density at radius 3 is 2.79 bits per heavy atom. The molecule has 2 heteroatoms. The molecular weight excluding hydrogens is 236 g/mol. The smallest absolute Gasteiger partial charge is 0.0927 e. The highest BCUT2D eigenvalue weighted by atomic mass is 16.5. The minimum Gasteiger partial charge on any atom is -0.501 e. The van der Waals surface area contributed by atoms with E-state index >= 15 is 0 Å². The van der Waals surface area contributed by atoms with Gasteiger partial charge in [0, 0.05) is 5.92 Å². The summed E-state index contributed by atoms with van der Waals surface area (Å²) in [4.78, 5) is 0. The van der Waals surface area contributed by atoms with E-state index in [0.29, 0.717) is 18.1 Å². The number of hydrogen-bond acceptors (Lipinski definition) is 2. The van der Waals surface area contributed by atoms with Crippen LogP contribution >= 0.6 is 0 Å². The molecular formula is C17H26O2. The summed E-state index contributed by atoms with van der Waals surface area (Å²) in [6.07, 6.45) is 15.3. The Labute approximate surface area is 116 Å². The minimum atomic E-state index is 0.530. The van der Waals surface area contributed by atoms with Crippen molar-refractivity contribution in [2.75, 3.05) is 6.61 Å². The SMILES string of the molecule is C(OCC1CC2OC1C1CCCC21)=C1CCCCC1. The lowest BCUT2D eigenvalue weighted by Crippen LogP contribution is -2.32.